The van der Waals surface area contributed by atoms with Gasteiger partial charge >= 0.3 is 0 Å². The van der Waals surface area contributed by atoms with Crippen LogP contribution in [0.5, 0.6) is 0 Å². The van der Waals surface area contributed by atoms with Gasteiger partial charge in [0, 0.05) is 16.8 Å². The van der Waals surface area contributed by atoms with Crippen LogP contribution in [0.4, 0.5) is 5.95 Å². The van der Waals surface area contributed by atoms with E-state index >= 15 is 0 Å². The van der Waals surface area contributed by atoms with Gasteiger partial charge in [-0.15, -0.1) is 5.10 Å². The zero-order valence-electron chi connectivity index (χ0n) is 17.1. The van der Waals surface area contributed by atoms with Gasteiger partial charge in [-0.25, -0.2) is 19.3 Å². The number of hydrogen-bond acceptors (Lipinski definition) is 6. The van der Waals surface area contributed by atoms with Crippen molar-refractivity contribution in [3.05, 3.63) is 77.5 Å². The number of nitrogens with zero attached hydrogens (tertiary/aromatic N) is 6. The molecule has 0 aliphatic heterocycles. The number of aromatic nitrogens is 6. The average Bonchev–Trinajstić information content (AvgIpc) is 3.50. The van der Waals surface area contributed by atoms with Crippen molar-refractivity contribution in [1.29, 1.82) is 0 Å². The summed E-state index contributed by atoms with van der Waals surface area (Å²) in [4.78, 5) is 21.2. The number of benzene rings is 1. The number of anilines is 1. The molecule has 1 amide bonds. The highest BCUT2D eigenvalue weighted by molar-refractivity contribution is 6.30. The first-order chi connectivity index (χ1) is 15.6. The lowest BCUT2D eigenvalue weighted by molar-refractivity contribution is -0.116. The monoisotopic (exact) mass is 447 g/mol. The van der Waals surface area contributed by atoms with E-state index in [0.29, 0.717) is 17.2 Å². The highest BCUT2D eigenvalue weighted by atomic mass is 35.5. The molecule has 4 heterocycles. The second kappa shape index (κ2) is 8.27. The molecule has 0 saturated carbocycles. The number of furan rings is 1. The van der Waals surface area contributed by atoms with Gasteiger partial charge in [-0.05, 0) is 42.8 Å². The number of amides is 1. The van der Waals surface area contributed by atoms with Gasteiger partial charge < -0.3 is 4.42 Å². The molecule has 0 unspecified atom stereocenters. The van der Waals surface area contributed by atoms with E-state index in [1.807, 2.05) is 49.4 Å². The molecular weight excluding hydrogens is 430 g/mol. The fraction of sp³-hybridized carbons (Fsp3) is 0.136. The molecule has 0 bridgehead atoms. The van der Waals surface area contributed by atoms with Crippen LogP contribution >= 0.6 is 11.6 Å². The third-order valence-corrected chi connectivity index (χ3v) is 5.14. The molecule has 4 aromatic heterocycles. The van der Waals surface area contributed by atoms with E-state index in [4.69, 9.17) is 16.0 Å². The fourth-order valence-corrected chi connectivity index (χ4v) is 3.79. The second-order valence-electron chi connectivity index (χ2n) is 7.22. The summed E-state index contributed by atoms with van der Waals surface area (Å²) in [6.45, 7) is 2.34. The first-order valence-electron chi connectivity index (χ1n) is 9.86. The summed E-state index contributed by atoms with van der Waals surface area (Å²) in [7, 11) is 0. The maximum atomic E-state index is 12.6. The van der Waals surface area contributed by atoms with Gasteiger partial charge in [-0.1, -0.05) is 23.7 Å². The molecule has 1 aromatic carbocycles. The molecule has 0 spiro atoms. The molecule has 32 heavy (non-hydrogen) atoms. The third-order valence-electron chi connectivity index (χ3n) is 4.91. The number of fused-ring (bicyclic) bond motifs is 1. The number of nitrogens with one attached hydrogen (secondary N) is 1. The van der Waals surface area contributed by atoms with Crippen molar-refractivity contribution >= 4 is 34.5 Å². The van der Waals surface area contributed by atoms with Crippen LogP contribution in [0.25, 0.3) is 22.4 Å². The largest absolute Gasteiger partial charge is 0.464 e. The number of carbonyl (C=O) groups excluding carboxylic acids is 1. The Kier molecular flexibility index (Phi) is 5.16. The molecule has 10 heteroatoms. The Labute approximate surface area is 187 Å². The van der Waals surface area contributed by atoms with E-state index in [1.54, 1.807) is 28.2 Å². The van der Waals surface area contributed by atoms with Crippen molar-refractivity contribution in [2.45, 2.75) is 20.0 Å². The Morgan fingerprint density at radius 1 is 1.16 bits per heavy atom. The van der Waals surface area contributed by atoms with E-state index in [9.17, 15) is 4.79 Å². The quantitative estimate of drug-likeness (QED) is 0.423. The topological polar surface area (TPSA) is 104 Å². The third kappa shape index (κ3) is 3.97. The Hall–Kier alpha value is -3.98. The normalized spacial score (nSPS) is 11.2. The Bertz CT molecular complexity index is 1410. The summed E-state index contributed by atoms with van der Waals surface area (Å²) < 4.78 is 8.73. The number of aryl methyl sites for hydroxylation is 1. The first kappa shape index (κ1) is 20.0. The number of pyridine rings is 1. The summed E-state index contributed by atoms with van der Waals surface area (Å²) >= 11 is 6.02. The van der Waals surface area contributed by atoms with E-state index in [2.05, 4.69) is 25.5 Å². The lowest BCUT2D eigenvalue weighted by Crippen LogP contribution is -2.20. The minimum Gasteiger partial charge on any atom is -0.464 e. The van der Waals surface area contributed by atoms with Crippen LogP contribution in [-0.4, -0.2) is 35.4 Å². The van der Waals surface area contributed by atoms with Crippen LogP contribution in [0, 0.1) is 6.92 Å². The fourth-order valence-electron chi connectivity index (χ4n) is 3.58. The number of halogens is 1. The second-order valence-corrected chi connectivity index (χ2v) is 7.66. The predicted octanol–water partition coefficient (Wildman–Crippen LogP) is 3.93. The summed E-state index contributed by atoms with van der Waals surface area (Å²) in [6.07, 6.45) is 4.85. The van der Waals surface area contributed by atoms with Gasteiger partial charge in [0.2, 0.25) is 11.9 Å². The van der Waals surface area contributed by atoms with Crippen molar-refractivity contribution in [2.75, 3.05) is 5.32 Å². The maximum Gasteiger partial charge on any atom is 0.248 e. The number of rotatable bonds is 6. The molecule has 1 N–H and O–H groups in total. The van der Waals surface area contributed by atoms with Crippen molar-refractivity contribution in [2.24, 2.45) is 0 Å². The number of carbonyl (C=O) groups is 1. The van der Waals surface area contributed by atoms with Gasteiger partial charge in [0.25, 0.3) is 0 Å². The molecule has 0 saturated heterocycles. The zero-order chi connectivity index (χ0) is 22.1. The Morgan fingerprint density at radius 3 is 2.88 bits per heavy atom. The maximum absolute atomic E-state index is 12.6. The van der Waals surface area contributed by atoms with Crippen molar-refractivity contribution in [1.82, 2.24) is 29.5 Å². The van der Waals surface area contributed by atoms with Crippen molar-refractivity contribution in [3.8, 4) is 11.3 Å². The highest BCUT2D eigenvalue weighted by Crippen LogP contribution is 2.30. The number of hydrogen-bond donors (Lipinski definition) is 1. The van der Waals surface area contributed by atoms with E-state index < -0.39 is 0 Å². The summed E-state index contributed by atoms with van der Waals surface area (Å²) in [6, 6.07) is 13.1. The highest BCUT2D eigenvalue weighted by Gasteiger charge is 2.17. The molecule has 5 rings (SSSR count). The van der Waals surface area contributed by atoms with Crippen LogP contribution in [-0.2, 0) is 17.9 Å². The van der Waals surface area contributed by atoms with E-state index in [-0.39, 0.29) is 18.4 Å². The van der Waals surface area contributed by atoms with Crippen LogP contribution in [0.15, 0.2) is 65.7 Å². The standard InChI is InChI=1S/C22H18ClN7O2/c1-14-20-17(18-6-3-9-32-18)7-8-24-21(20)30(27-14)12-19(31)26-22-25-13-29(28-22)11-15-4-2-5-16(23)10-15/h2-10,13H,11-12H2,1H3,(H,26,28,31). The smallest absolute Gasteiger partial charge is 0.248 e. The minimum atomic E-state index is -0.305. The lowest BCUT2D eigenvalue weighted by Gasteiger charge is -2.04. The molecule has 0 aliphatic rings. The summed E-state index contributed by atoms with van der Waals surface area (Å²) in [5.41, 5.74) is 3.23. The summed E-state index contributed by atoms with van der Waals surface area (Å²) in [5, 5.41) is 13.0. The van der Waals surface area contributed by atoms with Gasteiger partial charge in [0.05, 0.1) is 23.9 Å². The Balaban J connectivity index is 1.32. The first-order valence-corrected chi connectivity index (χ1v) is 10.2. The summed E-state index contributed by atoms with van der Waals surface area (Å²) in [5.74, 6) is 0.633. The van der Waals surface area contributed by atoms with E-state index in [1.165, 1.54) is 0 Å². The Morgan fingerprint density at radius 2 is 2.06 bits per heavy atom. The minimum absolute atomic E-state index is 0.0260. The van der Waals surface area contributed by atoms with Crippen molar-refractivity contribution in [3.63, 3.8) is 0 Å². The van der Waals surface area contributed by atoms with Gasteiger partial charge in [0.15, 0.2) is 5.65 Å². The van der Waals surface area contributed by atoms with Gasteiger partial charge in [0.1, 0.15) is 18.6 Å². The van der Waals surface area contributed by atoms with Gasteiger partial charge in [-0.3, -0.25) is 10.1 Å². The molecule has 0 fully saturated rings. The SMILES string of the molecule is Cc1nn(CC(=O)Nc2ncn(Cc3cccc(Cl)c3)n2)c2nccc(-c3ccco3)c12. The zero-order valence-corrected chi connectivity index (χ0v) is 17.8. The van der Waals surface area contributed by atoms with Crippen LogP contribution in [0.3, 0.4) is 0 Å². The average molecular weight is 448 g/mol. The van der Waals surface area contributed by atoms with E-state index in [0.717, 1.165) is 28.0 Å². The van der Waals surface area contributed by atoms with Crippen LogP contribution < -0.4 is 5.32 Å². The molecule has 5 aromatic rings. The molecule has 0 atom stereocenters. The van der Waals surface area contributed by atoms with Crippen LogP contribution in [0.2, 0.25) is 5.02 Å². The molecule has 9 nitrogen and oxygen atoms in total. The van der Waals surface area contributed by atoms with Gasteiger partial charge in [-0.2, -0.15) is 5.10 Å². The van der Waals surface area contributed by atoms with Crippen LogP contribution in [0.1, 0.15) is 11.3 Å². The lowest BCUT2D eigenvalue weighted by atomic mass is 10.1. The molecule has 160 valence electrons. The molecule has 0 aliphatic carbocycles. The predicted molar refractivity (Wildman–Crippen MR) is 119 cm³/mol. The van der Waals surface area contributed by atoms with Crippen molar-refractivity contribution < 1.29 is 9.21 Å². The molecular formula is C22H18ClN7O2. The molecule has 0 radical (unpaired) electrons.